The molecule has 8 bridgehead atoms. The first kappa shape index (κ1) is 39.4. The number of nitrogens with one attached hydrogen (secondary N) is 2. The zero-order valence-electron chi connectivity index (χ0n) is 31.5. The predicted octanol–water partition coefficient (Wildman–Crippen LogP) is 7.73. The summed E-state index contributed by atoms with van der Waals surface area (Å²) in [6.07, 6.45) is 8.09. The van der Waals surface area contributed by atoms with E-state index in [2.05, 4.69) is 44.2 Å². The van der Waals surface area contributed by atoms with Gasteiger partial charge in [-0.15, -0.1) is 0 Å². The van der Waals surface area contributed by atoms with Gasteiger partial charge in [-0.05, 0) is 72.8 Å². The van der Waals surface area contributed by atoms with Gasteiger partial charge in [0.15, 0.2) is 0 Å². The van der Waals surface area contributed by atoms with Crippen LogP contribution in [0.3, 0.4) is 0 Å². The number of H-pyrrole nitrogens is 2. The number of hydrogen-bond donors (Lipinski definition) is 2. The third kappa shape index (κ3) is 8.31. The Morgan fingerprint density at radius 1 is 0.344 bits per heavy atom. The van der Waals surface area contributed by atoms with Crippen LogP contribution in [0.15, 0.2) is 146 Å². The second-order valence-electron chi connectivity index (χ2n) is 13.3. The van der Waals surface area contributed by atoms with Gasteiger partial charge in [-0.2, -0.15) is 0 Å². The van der Waals surface area contributed by atoms with E-state index in [1.807, 2.05) is 48.6 Å². The molecule has 5 heterocycles. The summed E-state index contributed by atoms with van der Waals surface area (Å²) in [7, 11) is 0. The van der Waals surface area contributed by atoms with E-state index in [1.54, 1.807) is 48.5 Å². The molecule has 0 amide bonds. The van der Waals surface area contributed by atoms with E-state index >= 15 is 0 Å². The summed E-state index contributed by atoms with van der Waals surface area (Å²) in [6.45, 7) is 0. The van der Waals surface area contributed by atoms with Crippen molar-refractivity contribution in [1.82, 2.24) is 19.9 Å². The number of fused-ring (bicyclic) bond motifs is 8. The molecule has 16 nitrogen and oxygen atoms in total. The summed E-state index contributed by atoms with van der Waals surface area (Å²) in [4.78, 5) is 59.0. The van der Waals surface area contributed by atoms with Gasteiger partial charge in [0.1, 0.15) is 0 Å². The topological polar surface area (TPSA) is 230 Å². The normalized spacial score (nSPS) is 11.9. The molecule has 2 aliphatic rings. The molecule has 302 valence electrons. The van der Waals surface area contributed by atoms with E-state index in [0.717, 1.165) is 44.8 Å². The molecule has 0 saturated carbocycles. The van der Waals surface area contributed by atoms with Crippen molar-refractivity contribution in [2.24, 2.45) is 0 Å². The monoisotopic (exact) mass is 854 g/mol. The maximum atomic E-state index is 11.3. The molecule has 0 saturated heterocycles. The van der Waals surface area contributed by atoms with Crippen LogP contribution < -0.4 is 17.8 Å². The zero-order chi connectivity index (χ0) is 42.7. The number of nitro benzene ring substituents is 4. The molecule has 2 aliphatic heterocycles. The number of aromatic nitrogens is 4. The average molecular weight is 855 g/mol. The zero-order valence-corrected chi connectivity index (χ0v) is 32.6. The molecule has 0 fully saturated rings. The molecule has 0 atom stereocenters. The van der Waals surface area contributed by atoms with Crippen LogP contribution in [0, 0.1) is 40.5 Å². The molecule has 61 heavy (non-hydrogen) atoms. The Labute approximate surface area is 347 Å². The van der Waals surface area contributed by atoms with Crippen LogP contribution in [0.5, 0.6) is 0 Å². The van der Waals surface area contributed by atoms with Gasteiger partial charge in [-0.3, -0.25) is 0 Å². The SMILES string of the molecule is C1=Cc2cc3ccc(cc4nc(cc5ccc(cc1n2)[nH]5)C=C4)[nH]3.O=[N+]([O-])c1cc[c]([Fe]([c]2ccc([N+](=O)[O-])cc2)([c]2ccc([N+](=O)[O-])cc2)[c]2ccc([N+](=O)[O-])cc2)cc1. The Balaban J connectivity index is 0.000000183. The summed E-state index contributed by atoms with van der Waals surface area (Å²) in [5.41, 5.74) is 7.25. The van der Waals surface area contributed by atoms with Gasteiger partial charge in [-0.1, -0.05) is 0 Å². The van der Waals surface area contributed by atoms with Crippen LogP contribution in [0.1, 0.15) is 22.8 Å². The number of benzene rings is 4. The fourth-order valence-corrected chi connectivity index (χ4v) is 11.7. The first-order valence-electron chi connectivity index (χ1n) is 18.2. The quantitative estimate of drug-likeness (QED) is 0.0858. The molecule has 7 aromatic rings. The molecule has 3 aromatic heterocycles. The first-order valence-corrected chi connectivity index (χ1v) is 20.4. The molecule has 17 heteroatoms. The van der Waals surface area contributed by atoms with Crippen LogP contribution in [0.4, 0.5) is 22.7 Å². The number of nitrogens with zero attached hydrogens (tertiary/aromatic N) is 6. The van der Waals surface area contributed by atoms with Crippen molar-refractivity contribution in [1.29, 1.82) is 0 Å². The molecule has 2 N–H and O–H groups in total. The van der Waals surface area contributed by atoms with Gasteiger partial charge >= 0.3 is 211 Å². The third-order valence-electron chi connectivity index (χ3n) is 9.38. The van der Waals surface area contributed by atoms with Crippen molar-refractivity contribution < 1.29 is 32.5 Å². The number of rotatable bonds is 8. The average Bonchev–Trinajstić information content (AvgIpc) is 4.10. The van der Waals surface area contributed by atoms with Gasteiger partial charge in [0.25, 0.3) is 0 Å². The van der Waals surface area contributed by atoms with Crippen molar-refractivity contribution in [3.63, 3.8) is 0 Å². The van der Waals surface area contributed by atoms with E-state index < -0.39 is 32.5 Å². The van der Waals surface area contributed by atoms with Gasteiger partial charge in [0.2, 0.25) is 0 Å². The molecule has 0 unspecified atom stereocenters. The fraction of sp³-hybridized carbons (Fsp3) is 0. The van der Waals surface area contributed by atoms with Crippen molar-refractivity contribution in [3.05, 3.63) is 209 Å². The minimum absolute atomic E-state index is 0.152. The molecular formula is C44H30FeN8O8. The summed E-state index contributed by atoms with van der Waals surface area (Å²) in [6, 6.07) is 39.6. The van der Waals surface area contributed by atoms with Crippen LogP contribution in [0.2, 0.25) is 0 Å². The third-order valence-corrected chi connectivity index (χ3v) is 14.7. The summed E-state index contributed by atoms with van der Waals surface area (Å²) in [5, 5.41) is 45.2. The van der Waals surface area contributed by atoms with E-state index in [0.29, 0.717) is 17.8 Å². The Hall–Kier alpha value is -8.40. The Kier molecular flexibility index (Phi) is 10.6. The standard InChI is InChI=1S/C20H14N4.4C6H4NO2.Fe/c1-2-14-10-16-5-6-18(23-16)12-20-8-7-19(24-20)11-17-4-3-15(22-17)9-13(1)21-14;4*8-7(9)6-4-2-1-3-5-6;/h1-12,21,24H;4*2-5H;. The maximum absolute atomic E-state index is 11.3. The fourth-order valence-electron chi connectivity index (χ4n) is 6.59. The molecule has 0 radical (unpaired) electrons. The second-order valence-corrected chi connectivity index (χ2v) is 17.5. The Morgan fingerprint density at radius 3 is 0.754 bits per heavy atom. The second kappa shape index (κ2) is 16.5. The molecule has 0 aliphatic carbocycles. The number of nitro groups is 4. The number of non-ortho nitro benzene ring substituents is 4. The molecule has 0 spiro atoms. The molecule has 4 aromatic carbocycles. The van der Waals surface area contributed by atoms with Crippen LogP contribution in [-0.2, 0) is 12.8 Å². The van der Waals surface area contributed by atoms with Crippen LogP contribution >= 0.6 is 0 Å². The Bertz CT molecular complexity index is 2680. The number of aromatic amines is 2. The van der Waals surface area contributed by atoms with Gasteiger partial charge in [-0.25, -0.2) is 9.97 Å². The van der Waals surface area contributed by atoms with Crippen molar-refractivity contribution >= 4 is 87.0 Å². The van der Waals surface area contributed by atoms with Gasteiger partial charge in [0, 0.05) is 22.1 Å². The van der Waals surface area contributed by atoms with Crippen LogP contribution in [0.25, 0.3) is 46.4 Å². The van der Waals surface area contributed by atoms with Crippen molar-refractivity contribution in [2.75, 3.05) is 0 Å². The van der Waals surface area contributed by atoms with Crippen LogP contribution in [-0.4, -0.2) is 39.6 Å². The van der Waals surface area contributed by atoms with E-state index in [9.17, 15) is 40.5 Å². The van der Waals surface area contributed by atoms with E-state index in [4.69, 9.17) is 0 Å². The summed E-state index contributed by atoms with van der Waals surface area (Å²) in [5.74, 6) is 0. The van der Waals surface area contributed by atoms with E-state index in [-0.39, 0.29) is 22.7 Å². The molecule has 9 rings (SSSR count). The predicted molar refractivity (Wildman–Crippen MR) is 230 cm³/mol. The Morgan fingerprint density at radius 2 is 0.557 bits per heavy atom. The summed E-state index contributed by atoms with van der Waals surface area (Å²) < 4.78 is 2.48. The molecular weight excluding hydrogens is 824 g/mol. The van der Waals surface area contributed by atoms with Gasteiger partial charge in [0.05, 0.1) is 22.8 Å². The van der Waals surface area contributed by atoms with Gasteiger partial charge < -0.3 is 9.97 Å². The van der Waals surface area contributed by atoms with Crippen molar-refractivity contribution in [3.8, 4) is 0 Å². The first-order chi connectivity index (χ1) is 29.4. The number of hydrogen-bond acceptors (Lipinski definition) is 10. The summed E-state index contributed by atoms with van der Waals surface area (Å²) >= 11 is -3.21. The van der Waals surface area contributed by atoms with E-state index in [1.165, 1.54) is 48.5 Å². The minimum atomic E-state index is -3.21. The van der Waals surface area contributed by atoms with Crippen molar-refractivity contribution in [2.45, 2.75) is 0 Å².